The van der Waals surface area contributed by atoms with E-state index >= 15 is 0 Å². The van der Waals surface area contributed by atoms with E-state index < -0.39 is 0 Å². The molecule has 0 bridgehead atoms. The number of nitrogens with one attached hydrogen (secondary N) is 2. The molecule has 4 heterocycles. The van der Waals surface area contributed by atoms with E-state index in [1.807, 2.05) is 24.3 Å². The van der Waals surface area contributed by atoms with E-state index in [1.54, 1.807) is 13.2 Å². The van der Waals surface area contributed by atoms with Crippen LogP contribution in [0.4, 0.5) is 11.4 Å². The Balaban J connectivity index is 0.999. The van der Waals surface area contributed by atoms with Gasteiger partial charge in [0.05, 0.1) is 26.0 Å². The summed E-state index contributed by atoms with van der Waals surface area (Å²) in [6, 6.07) is 25.1. The molecule has 7 rings (SSSR count). The van der Waals surface area contributed by atoms with Gasteiger partial charge in [0.25, 0.3) is 0 Å². The van der Waals surface area contributed by atoms with E-state index in [4.69, 9.17) is 14.2 Å². The summed E-state index contributed by atoms with van der Waals surface area (Å²) in [7, 11) is 1.74. The molecule has 0 radical (unpaired) electrons. The Morgan fingerprint density at radius 2 is 1.77 bits per heavy atom. The Hall–Kier alpha value is -4.27. The second kappa shape index (κ2) is 12.8. The first-order valence-electron chi connectivity index (χ1n) is 15.7. The van der Waals surface area contributed by atoms with Gasteiger partial charge in [-0.1, -0.05) is 30.3 Å². The van der Waals surface area contributed by atoms with Crippen LogP contribution in [0.2, 0.25) is 0 Å². The summed E-state index contributed by atoms with van der Waals surface area (Å²) < 4.78 is 17.6. The van der Waals surface area contributed by atoms with Crippen molar-refractivity contribution in [1.82, 2.24) is 9.88 Å². The molecule has 228 valence electrons. The Labute approximate surface area is 258 Å². The number of aromatic amines is 1. The summed E-state index contributed by atoms with van der Waals surface area (Å²) in [5.41, 5.74) is 7.18. The van der Waals surface area contributed by atoms with Crippen molar-refractivity contribution in [1.29, 1.82) is 0 Å². The van der Waals surface area contributed by atoms with Gasteiger partial charge in [0.2, 0.25) is 5.56 Å². The maximum atomic E-state index is 12.7. The fourth-order valence-corrected chi connectivity index (χ4v) is 6.68. The minimum Gasteiger partial charge on any atom is -0.496 e. The number of benzene rings is 3. The van der Waals surface area contributed by atoms with Gasteiger partial charge in [0.15, 0.2) is 0 Å². The van der Waals surface area contributed by atoms with Crippen LogP contribution in [-0.4, -0.2) is 69.0 Å². The number of nitrogens with zero attached hydrogens (tertiary/aromatic N) is 2. The Bertz CT molecular complexity index is 1670. The molecule has 44 heavy (non-hydrogen) atoms. The molecule has 8 heteroatoms. The van der Waals surface area contributed by atoms with Gasteiger partial charge in [-0.25, -0.2) is 0 Å². The zero-order chi connectivity index (χ0) is 29.9. The molecule has 8 nitrogen and oxygen atoms in total. The van der Waals surface area contributed by atoms with Gasteiger partial charge >= 0.3 is 0 Å². The Kier molecular flexibility index (Phi) is 8.27. The summed E-state index contributed by atoms with van der Waals surface area (Å²) in [6.07, 6.45) is 4.02. The van der Waals surface area contributed by atoms with Crippen molar-refractivity contribution in [2.24, 2.45) is 0 Å². The number of hydrogen-bond acceptors (Lipinski definition) is 7. The first-order valence-corrected chi connectivity index (χ1v) is 15.7. The first kappa shape index (κ1) is 28.5. The molecule has 0 atom stereocenters. The monoisotopic (exact) mass is 592 g/mol. The largest absolute Gasteiger partial charge is 0.496 e. The van der Waals surface area contributed by atoms with Crippen LogP contribution in [-0.2, 0) is 17.6 Å². The number of morpholine rings is 1. The van der Waals surface area contributed by atoms with E-state index in [0.29, 0.717) is 19.3 Å². The quantitative estimate of drug-likeness (QED) is 0.239. The average molecular weight is 593 g/mol. The molecule has 3 aromatic carbocycles. The number of anilines is 2. The van der Waals surface area contributed by atoms with Crippen LogP contribution in [0.25, 0.3) is 11.3 Å². The highest BCUT2D eigenvalue weighted by molar-refractivity contribution is 5.74. The fraction of sp³-hybridized carbons (Fsp3) is 0.361. The first-order chi connectivity index (χ1) is 21.6. The third kappa shape index (κ3) is 6.18. The number of likely N-dealkylation sites (tertiary alicyclic amines) is 1. The lowest BCUT2D eigenvalue weighted by atomic mass is 9.95. The average Bonchev–Trinajstić information content (AvgIpc) is 3.07. The van der Waals surface area contributed by atoms with Gasteiger partial charge in [-0.2, -0.15) is 0 Å². The molecular weight excluding hydrogens is 552 g/mol. The number of ether oxygens (including phenoxy) is 3. The maximum Gasteiger partial charge on any atom is 0.250 e. The molecule has 3 aliphatic heterocycles. The lowest BCUT2D eigenvalue weighted by Gasteiger charge is -2.33. The maximum absolute atomic E-state index is 12.7. The molecule has 0 amide bonds. The van der Waals surface area contributed by atoms with Crippen LogP contribution in [0.5, 0.6) is 17.2 Å². The number of fused-ring (bicyclic) bond motifs is 2. The highest BCUT2D eigenvalue weighted by Gasteiger charge is 2.24. The predicted molar refractivity (Wildman–Crippen MR) is 175 cm³/mol. The molecule has 2 saturated heterocycles. The van der Waals surface area contributed by atoms with Crippen LogP contribution in [0, 0.1) is 0 Å². The lowest BCUT2D eigenvalue weighted by Crippen LogP contribution is -2.40. The number of H-pyrrole nitrogens is 1. The van der Waals surface area contributed by atoms with Gasteiger partial charge in [-0.05, 0) is 66.8 Å². The predicted octanol–water partition coefficient (Wildman–Crippen LogP) is 5.70. The number of hydrogen-bond donors (Lipinski definition) is 2. The Morgan fingerprint density at radius 3 is 2.61 bits per heavy atom. The van der Waals surface area contributed by atoms with Crippen molar-refractivity contribution < 1.29 is 14.2 Å². The second-order valence-corrected chi connectivity index (χ2v) is 11.9. The van der Waals surface area contributed by atoms with Crippen molar-refractivity contribution in [2.75, 3.05) is 63.3 Å². The SMILES string of the molecule is COc1ccccc1CCN1CCC(Nc2ccc3c(c2)Cc2cccc(-c4cc(N5CCOCC5)cc(=O)[nH]4)c2O3)CC1. The highest BCUT2D eigenvalue weighted by Crippen LogP contribution is 2.43. The molecule has 3 aliphatic rings. The Morgan fingerprint density at radius 1 is 0.932 bits per heavy atom. The molecular formula is C36H40N4O4. The van der Waals surface area contributed by atoms with Crippen LogP contribution in [0.3, 0.4) is 0 Å². The van der Waals surface area contributed by atoms with Crippen LogP contribution in [0.15, 0.2) is 77.6 Å². The van der Waals surface area contributed by atoms with Crippen LogP contribution >= 0.6 is 0 Å². The smallest absolute Gasteiger partial charge is 0.250 e. The third-order valence-corrected chi connectivity index (χ3v) is 9.09. The van der Waals surface area contributed by atoms with Crippen molar-refractivity contribution in [3.8, 4) is 28.5 Å². The summed E-state index contributed by atoms with van der Waals surface area (Å²) in [5, 5.41) is 3.79. The minimum atomic E-state index is -0.115. The van der Waals surface area contributed by atoms with Crippen LogP contribution in [0.1, 0.15) is 29.5 Å². The number of rotatable bonds is 8. The molecule has 4 aromatic rings. The number of para-hydroxylation sites is 2. The third-order valence-electron chi connectivity index (χ3n) is 9.09. The molecule has 0 saturated carbocycles. The molecule has 0 unspecified atom stereocenters. The molecule has 2 N–H and O–H groups in total. The van der Waals surface area contributed by atoms with Gasteiger partial charge in [-0.15, -0.1) is 0 Å². The van der Waals surface area contributed by atoms with E-state index in [2.05, 4.69) is 62.6 Å². The standard InChI is InChI=1S/C36H40N4O4/c1-42-33-8-3-2-5-25(33)11-14-39-15-12-28(13-16-39)37-29-9-10-34-27(22-29)21-26-6-4-7-31(36(26)44-34)32-23-30(24-35(41)38-32)40-17-19-43-20-18-40/h2-10,22-24,28,37H,11-21H2,1H3,(H,38,41). The number of aromatic nitrogens is 1. The second-order valence-electron chi connectivity index (χ2n) is 11.9. The van der Waals surface area contributed by atoms with Crippen LogP contribution < -0.4 is 25.2 Å². The van der Waals surface area contributed by atoms with E-state index in [9.17, 15) is 4.79 Å². The van der Waals surface area contributed by atoms with Gasteiger partial charge < -0.3 is 34.3 Å². The summed E-state index contributed by atoms with van der Waals surface area (Å²) >= 11 is 0. The van der Waals surface area contributed by atoms with Crippen molar-refractivity contribution in [2.45, 2.75) is 31.7 Å². The topological polar surface area (TPSA) is 79.1 Å². The summed E-state index contributed by atoms with van der Waals surface area (Å²) in [6.45, 7) is 6.12. The normalized spacial score (nSPS) is 17.0. The minimum absolute atomic E-state index is 0.115. The summed E-state index contributed by atoms with van der Waals surface area (Å²) in [5.74, 6) is 2.66. The number of pyridine rings is 1. The molecule has 2 fully saturated rings. The fourth-order valence-electron chi connectivity index (χ4n) is 6.68. The van der Waals surface area contributed by atoms with Gasteiger partial charge in [0, 0.05) is 73.8 Å². The van der Waals surface area contributed by atoms with Crippen molar-refractivity contribution in [3.63, 3.8) is 0 Å². The van der Waals surface area contributed by atoms with E-state index in [-0.39, 0.29) is 5.56 Å². The van der Waals surface area contributed by atoms with E-state index in [1.165, 1.54) is 11.1 Å². The summed E-state index contributed by atoms with van der Waals surface area (Å²) in [4.78, 5) is 20.5. The van der Waals surface area contributed by atoms with Crippen molar-refractivity contribution >= 4 is 11.4 Å². The van der Waals surface area contributed by atoms with E-state index in [0.717, 1.165) is 104 Å². The van der Waals surface area contributed by atoms with Gasteiger partial charge in [-0.3, -0.25) is 4.79 Å². The molecule has 0 aliphatic carbocycles. The lowest BCUT2D eigenvalue weighted by molar-refractivity contribution is 0.122. The number of methoxy groups -OCH3 is 1. The molecule has 1 aromatic heterocycles. The van der Waals surface area contributed by atoms with Gasteiger partial charge in [0.1, 0.15) is 17.2 Å². The zero-order valence-corrected chi connectivity index (χ0v) is 25.3. The highest BCUT2D eigenvalue weighted by atomic mass is 16.5. The number of piperidine rings is 1. The van der Waals surface area contributed by atoms with Crippen molar-refractivity contribution in [3.05, 3.63) is 99.8 Å². The molecule has 0 spiro atoms. The zero-order valence-electron chi connectivity index (χ0n) is 25.3.